The molecule has 134 valence electrons. The largest absolute Gasteiger partial charge is 1.00 e. The van der Waals surface area contributed by atoms with Gasteiger partial charge in [-0.25, -0.2) is 18.7 Å². The second-order valence-corrected chi connectivity index (χ2v) is 5.25. The highest BCUT2D eigenvalue weighted by Crippen LogP contribution is 2.32. The Labute approximate surface area is 150 Å². The maximum absolute atomic E-state index is 12.4. The molecule has 0 amide bonds. The number of hydrogen-bond donors (Lipinski definition) is 0. The molecular weight excluding hydrogens is 352 g/mol. The number of ether oxygens (including phenoxy) is 4. The van der Waals surface area contributed by atoms with E-state index in [0.29, 0.717) is 11.5 Å². The number of rotatable bonds is 5. The van der Waals surface area contributed by atoms with Crippen LogP contribution in [0.1, 0.15) is 11.6 Å². The van der Waals surface area contributed by atoms with Gasteiger partial charge in [-0.2, -0.15) is 0 Å². The van der Waals surface area contributed by atoms with E-state index in [0.717, 1.165) is 5.56 Å². The summed E-state index contributed by atoms with van der Waals surface area (Å²) in [7, 11) is 3.01. The van der Waals surface area contributed by atoms with Gasteiger partial charge in [0, 0.05) is 0 Å². The van der Waals surface area contributed by atoms with Gasteiger partial charge in [0.25, 0.3) is 6.04 Å². The third-order valence-electron chi connectivity index (χ3n) is 3.55. The van der Waals surface area contributed by atoms with Gasteiger partial charge in [-0.05, 0) is 17.7 Å². The fraction of sp³-hybridized carbons (Fsp3) is 0.312. The van der Waals surface area contributed by atoms with Crippen molar-refractivity contribution in [1.82, 2.24) is 4.57 Å². The van der Waals surface area contributed by atoms with Crippen molar-refractivity contribution >= 4 is 11.9 Å². The van der Waals surface area contributed by atoms with Gasteiger partial charge in [0.1, 0.15) is 19.0 Å². The monoisotopic (exact) mass is 368 g/mol. The Morgan fingerprint density at radius 1 is 1.28 bits per heavy atom. The molecule has 0 aliphatic carbocycles. The smallest absolute Gasteiger partial charge is 0.364 e. The number of aryl methyl sites for hydroxylation is 1. The van der Waals surface area contributed by atoms with Crippen molar-refractivity contribution < 1.29 is 45.5 Å². The summed E-state index contributed by atoms with van der Waals surface area (Å²) in [5, 5.41) is 0. The number of halogens is 1. The van der Waals surface area contributed by atoms with Crippen LogP contribution in [0.15, 0.2) is 36.9 Å². The minimum atomic E-state index is -1.19. The highest BCUT2D eigenvalue weighted by Gasteiger charge is 2.35. The van der Waals surface area contributed by atoms with E-state index in [1.165, 1.54) is 11.7 Å². The zero-order valence-electron chi connectivity index (χ0n) is 13.7. The predicted molar refractivity (Wildman–Crippen MR) is 79.0 cm³/mol. The van der Waals surface area contributed by atoms with E-state index in [1.807, 2.05) is 0 Å². The fourth-order valence-electron chi connectivity index (χ4n) is 2.34. The van der Waals surface area contributed by atoms with Crippen LogP contribution in [0.4, 0.5) is 0 Å². The van der Waals surface area contributed by atoms with E-state index >= 15 is 0 Å². The Kier molecular flexibility index (Phi) is 5.87. The molecule has 2 aromatic rings. The van der Waals surface area contributed by atoms with Crippen LogP contribution in [0.3, 0.4) is 0 Å². The lowest BCUT2D eigenvalue weighted by Crippen LogP contribution is -3.00. The molecule has 0 bridgehead atoms. The van der Waals surface area contributed by atoms with Gasteiger partial charge in [0.05, 0.1) is 14.2 Å². The lowest BCUT2D eigenvalue weighted by molar-refractivity contribution is -0.671. The third kappa shape index (κ3) is 4.03. The van der Waals surface area contributed by atoms with Crippen molar-refractivity contribution in [2.75, 3.05) is 13.9 Å². The molecule has 1 aromatic carbocycles. The Morgan fingerprint density at radius 3 is 2.72 bits per heavy atom. The molecule has 3 rings (SSSR count). The standard InChI is InChI=1S/C16H17N2O6.ClH/c1-17-5-6-18(9-17)14(15(19)21-2)16(20)22-8-11-3-4-12-13(7-11)24-10-23-12;/h3-7,9,14H,8,10H2,1-2H3;1H/q+1;/p-1. The number of methoxy groups -OCH3 is 1. The van der Waals surface area contributed by atoms with Gasteiger partial charge in [-0.3, -0.25) is 0 Å². The molecule has 25 heavy (non-hydrogen) atoms. The van der Waals surface area contributed by atoms with Crippen LogP contribution in [0.5, 0.6) is 11.5 Å². The van der Waals surface area contributed by atoms with Gasteiger partial charge in [0.15, 0.2) is 11.5 Å². The molecule has 8 nitrogen and oxygen atoms in total. The van der Waals surface area contributed by atoms with E-state index in [9.17, 15) is 9.59 Å². The first-order chi connectivity index (χ1) is 11.6. The first-order valence-corrected chi connectivity index (χ1v) is 7.24. The minimum absolute atomic E-state index is 0. The SMILES string of the molecule is COC(=O)C(C(=O)OCc1ccc2c(c1)OCO2)n1cc[n+](C)c1.[Cl-]. The summed E-state index contributed by atoms with van der Waals surface area (Å²) >= 11 is 0. The van der Waals surface area contributed by atoms with Gasteiger partial charge in [-0.1, -0.05) is 6.07 Å². The summed E-state index contributed by atoms with van der Waals surface area (Å²) < 4.78 is 23.6. The summed E-state index contributed by atoms with van der Waals surface area (Å²) in [6.45, 7) is 0.185. The van der Waals surface area contributed by atoms with Crippen LogP contribution in [-0.2, 0) is 32.7 Å². The molecule has 9 heteroatoms. The predicted octanol–water partition coefficient (Wildman–Crippen LogP) is -2.50. The zero-order chi connectivity index (χ0) is 17.1. The number of aromatic nitrogens is 2. The maximum atomic E-state index is 12.4. The lowest BCUT2D eigenvalue weighted by atomic mass is 10.2. The van der Waals surface area contributed by atoms with Crippen LogP contribution < -0.4 is 26.4 Å². The molecule has 1 aliphatic rings. The average molecular weight is 369 g/mol. The first-order valence-electron chi connectivity index (χ1n) is 7.24. The number of nitrogens with zero attached hydrogens (tertiary/aromatic N) is 2. The van der Waals surface area contributed by atoms with Gasteiger partial charge in [-0.15, -0.1) is 0 Å². The van der Waals surface area contributed by atoms with E-state index in [-0.39, 0.29) is 25.8 Å². The highest BCUT2D eigenvalue weighted by molar-refractivity contribution is 5.97. The number of fused-ring (bicyclic) bond motifs is 1. The van der Waals surface area contributed by atoms with E-state index in [1.54, 1.807) is 48.5 Å². The van der Waals surface area contributed by atoms with Crippen LogP contribution in [0.25, 0.3) is 0 Å². The number of benzene rings is 1. The maximum Gasteiger partial charge on any atom is 0.364 e. The quantitative estimate of drug-likeness (QED) is 0.330. The van der Waals surface area contributed by atoms with Crippen LogP contribution >= 0.6 is 0 Å². The molecule has 0 fully saturated rings. The number of imidazole rings is 1. The Morgan fingerprint density at radius 2 is 2.04 bits per heavy atom. The summed E-state index contributed by atoms with van der Waals surface area (Å²) in [4.78, 5) is 24.3. The molecule has 1 aromatic heterocycles. The molecule has 0 saturated carbocycles. The summed E-state index contributed by atoms with van der Waals surface area (Å²) in [6.07, 6.45) is 4.91. The lowest BCUT2D eigenvalue weighted by Gasteiger charge is -2.11. The van der Waals surface area contributed by atoms with Crippen molar-refractivity contribution in [3.8, 4) is 11.5 Å². The topological polar surface area (TPSA) is 79.9 Å². The molecule has 1 unspecified atom stereocenters. The van der Waals surface area contributed by atoms with Crippen molar-refractivity contribution in [3.63, 3.8) is 0 Å². The molecule has 0 N–H and O–H groups in total. The Balaban J connectivity index is 0.00000225. The van der Waals surface area contributed by atoms with Crippen LogP contribution in [0.2, 0.25) is 0 Å². The molecular formula is C16H17ClN2O6. The molecule has 0 saturated heterocycles. The highest BCUT2D eigenvalue weighted by atomic mass is 35.5. The van der Waals surface area contributed by atoms with E-state index < -0.39 is 18.0 Å². The van der Waals surface area contributed by atoms with Gasteiger partial charge in [0.2, 0.25) is 13.1 Å². The molecule has 0 radical (unpaired) electrons. The molecule has 2 heterocycles. The number of carbonyl (C=O) groups excluding carboxylic acids is 2. The fourth-order valence-corrected chi connectivity index (χ4v) is 2.34. The third-order valence-corrected chi connectivity index (χ3v) is 3.55. The Bertz CT molecular complexity index is 776. The second-order valence-electron chi connectivity index (χ2n) is 5.25. The van der Waals surface area contributed by atoms with Crippen molar-refractivity contribution in [2.45, 2.75) is 12.6 Å². The normalized spacial score (nSPS) is 12.9. The average Bonchev–Trinajstić information content (AvgIpc) is 3.21. The van der Waals surface area contributed by atoms with Crippen molar-refractivity contribution in [3.05, 3.63) is 42.5 Å². The summed E-state index contributed by atoms with van der Waals surface area (Å²) in [5.41, 5.74) is 0.731. The molecule has 1 atom stereocenters. The van der Waals surface area contributed by atoms with E-state index in [4.69, 9.17) is 18.9 Å². The Hall–Kier alpha value is -2.74. The van der Waals surface area contributed by atoms with Gasteiger partial charge < -0.3 is 31.4 Å². The van der Waals surface area contributed by atoms with Crippen LogP contribution in [0, 0.1) is 0 Å². The van der Waals surface area contributed by atoms with Gasteiger partial charge >= 0.3 is 11.9 Å². The van der Waals surface area contributed by atoms with Crippen molar-refractivity contribution in [2.24, 2.45) is 7.05 Å². The number of hydrogen-bond acceptors (Lipinski definition) is 6. The number of carbonyl (C=O) groups is 2. The molecule has 0 spiro atoms. The van der Waals surface area contributed by atoms with Crippen molar-refractivity contribution in [1.29, 1.82) is 0 Å². The number of esters is 2. The van der Waals surface area contributed by atoms with Crippen LogP contribution in [-0.4, -0.2) is 30.4 Å². The molecule has 1 aliphatic heterocycles. The minimum Gasteiger partial charge on any atom is -1.00 e. The summed E-state index contributed by atoms with van der Waals surface area (Å²) in [6, 6.07) is 4.06. The van der Waals surface area contributed by atoms with E-state index in [2.05, 4.69) is 0 Å². The summed E-state index contributed by atoms with van der Waals surface area (Å²) in [5.74, 6) is -0.138. The zero-order valence-corrected chi connectivity index (χ0v) is 14.4. The second kappa shape index (κ2) is 7.89. The first kappa shape index (κ1) is 18.6.